The number of aliphatic carboxylic acids is 1. The molecule has 0 unspecified atom stereocenters. The molecule has 5 rings (SSSR count). The van der Waals surface area contributed by atoms with Crippen molar-refractivity contribution in [3.63, 3.8) is 0 Å². The first-order valence-electron chi connectivity index (χ1n) is 16.4. The predicted molar refractivity (Wildman–Crippen MR) is 185 cm³/mol. The molecule has 1 aromatic heterocycles. The van der Waals surface area contributed by atoms with E-state index in [-0.39, 0.29) is 17.2 Å². The number of benzene rings is 3. The van der Waals surface area contributed by atoms with Crippen LogP contribution in [0.2, 0.25) is 0 Å². The first-order valence-corrected chi connectivity index (χ1v) is 16.4. The summed E-state index contributed by atoms with van der Waals surface area (Å²) < 4.78 is 6.00. The molecule has 0 bridgehead atoms. The summed E-state index contributed by atoms with van der Waals surface area (Å²) in [6.07, 6.45) is 6.03. The number of aromatic amines is 1. The van der Waals surface area contributed by atoms with Gasteiger partial charge in [0.1, 0.15) is 11.5 Å². The van der Waals surface area contributed by atoms with Gasteiger partial charge < -0.3 is 35.3 Å². The molecule has 4 aromatic rings. The van der Waals surface area contributed by atoms with Gasteiger partial charge in [-0.3, -0.25) is 14.4 Å². The second kappa shape index (κ2) is 15.8. The van der Waals surface area contributed by atoms with Gasteiger partial charge in [-0.1, -0.05) is 42.5 Å². The summed E-state index contributed by atoms with van der Waals surface area (Å²) in [6, 6.07) is 21.2. The van der Waals surface area contributed by atoms with Gasteiger partial charge in [-0.05, 0) is 98.2 Å². The van der Waals surface area contributed by atoms with Gasteiger partial charge >= 0.3 is 5.97 Å². The molecule has 3 aromatic carbocycles. The molecule has 5 N–H and O–H groups in total. The Morgan fingerprint density at radius 1 is 1.02 bits per heavy atom. The van der Waals surface area contributed by atoms with Crippen LogP contribution in [0.4, 0.5) is 0 Å². The van der Waals surface area contributed by atoms with E-state index in [9.17, 15) is 29.7 Å². The molecule has 1 fully saturated rings. The highest BCUT2D eigenvalue weighted by molar-refractivity contribution is 5.92. The Bertz CT molecular complexity index is 1810. The average molecular weight is 654 g/mol. The number of phenolic OH excluding ortho intramolecular Hbond substituents is 1. The number of aromatic nitrogens is 1. The van der Waals surface area contributed by atoms with Crippen LogP contribution in [0.25, 0.3) is 17.0 Å². The minimum atomic E-state index is -0.967. The summed E-state index contributed by atoms with van der Waals surface area (Å²) in [6.45, 7) is 4.39. The summed E-state index contributed by atoms with van der Waals surface area (Å²) in [5.41, 5.74) is 2.31. The topological polar surface area (TPSA) is 152 Å². The Labute approximate surface area is 279 Å². The number of carboxylic acids is 1. The number of carbonyl (C=O) groups excluding carboxylic acids is 1. The molecule has 1 aliphatic rings. The molecule has 0 radical (unpaired) electrons. The van der Waals surface area contributed by atoms with Gasteiger partial charge in [-0.25, -0.2) is 0 Å². The van der Waals surface area contributed by atoms with E-state index in [1.54, 1.807) is 29.2 Å². The van der Waals surface area contributed by atoms with E-state index < -0.39 is 17.5 Å². The van der Waals surface area contributed by atoms with Crippen molar-refractivity contribution in [2.24, 2.45) is 0 Å². The van der Waals surface area contributed by atoms with Crippen LogP contribution in [0.3, 0.4) is 0 Å². The number of phenols is 1. The molecular formula is C38H43N3O7. The van der Waals surface area contributed by atoms with Crippen LogP contribution in [0.15, 0.2) is 83.7 Å². The van der Waals surface area contributed by atoms with Gasteiger partial charge in [-0.15, -0.1) is 0 Å². The number of rotatable bonds is 14. The van der Waals surface area contributed by atoms with E-state index in [0.29, 0.717) is 55.5 Å². The van der Waals surface area contributed by atoms with Gasteiger partial charge in [0.05, 0.1) is 23.6 Å². The van der Waals surface area contributed by atoms with E-state index >= 15 is 0 Å². The van der Waals surface area contributed by atoms with E-state index in [1.165, 1.54) is 12.1 Å². The number of nitrogens with zero attached hydrogens (tertiary/aromatic N) is 1. The highest BCUT2D eigenvalue weighted by atomic mass is 16.5. The number of H-pyrrole nitrogens is 1. The third-order valence-electron chi connectivity index (χ3n) is 9.14. The van der Waals surface area contributed by atoms with E-state index in [0.717, 1.165) is 48.2 Å². The lowest BCUT2D eigenvalue weighted by Gasteiger charge is -2.38. The number of pyridine rings is 1. The fourth-order valence-electron chi connectivity index (χ4n) is 6.31. The average Bonchev–Trinajstić information content (AvgIpc) is 3.09. The van der Waals surface area contributed by atoms with Crippen molar-refractivity contribution in [2.45, 2.75) is 50.5 Å². The van der Waals surface area contributed by atoms with E-state index in [2.05, 4.69) is 10.3 Å². The molecule has 10 heteroatoms. The summed E-state index contributed by atoms with van der Waals surface area (Å²) in [5.74, 6) is -0.213. The third kappa shape index (κ3) is 8.13. The second-order valence-electron chi connectivity index (χ2n) is 12.4. The molecule has 1 saturated heterocycles. The number of piperidine rings is 1. The van der Waals surface area contributed by atoms with Crippen LogP contribution in [-0.4, -0.2) is 69.9 Å². The van der Waals surface area contributed by atoms with Crippen LogP contribution in [0, 0.1) is 6.92 Å². The number of carboxylic acid groups (broad SMARTS) is 1. The molecule has 2 heterocycles. The maximum absolute atomic E-state index is 12.9. The van der Waals surface area contributed by atoms with Crippen LogP contribution < -0.4 is 15.6 Å². The van der Waals surface area contributed by atoms with Crippen molar-refractivity contribution in [2.75, 3.05) is 32.8 Å². The number of carbonyl (C=O) groups is 2. The quantitative estimate of drug-likeness (QED) is 0.0935. The zero-order chi connectivity index (χ0) is 34.1. The van der Waals surface area contributed by atoms with Crippen LogP contribution in [-0.2, 0) is 15.0 Å². The Hall–Kier alpha value is -4.93. The number of hydrogen-bond donors (Lipinski definition) is 5. The van der Waals surface area contributed by atoms with Crippen molar-refractivity contribution in [1.82, 2.24) is 15.2 Å². The van der Waals surface area contributed by atoms with Gasteiger partial charge in [0, 0.05) is 37.2 Å². The van der Waals surface area contributed by atoms with Gasteiger partial charge in [0.25, 0.3) is 0 Å². The molecule has 1 amide bonds. The van der Waals surface area contributed by atoms with Crippen LogP contribution in [0.5, 0.6) is 11.5 Å². The first-order chi connectivity index (χ1) is 23.2. The van der Waals surface area contributed by atoms with Gasteiger partial charge in [-0.2, -0.15) is 0 Å². The van der Waals surface area contributed by atoms with E-state index in [1.807, 2.05) is 55.5 Å². The van der Waals surface area contributed by atoms with Crippen molar-refractivity contribution >= 4 is 28.9 Å². The number of ether oxygens (including phenoxy) is 1. The number of amides is 1. The number of aliphatic hydroxyl groups is 1. The number of hydrogen-bond acceptors (Lipinski definition) is 7. The van der Waals surface area contributed by atoms with Crippen LogP contribution >= 0.6 is 0 Å². The first kappa shape index (κ1) is 34.4. The van der Waals surface area contributed by atoms with Gasteiger partial charge in [0.15, 0.2) is 0 Å². The fourth-order valence-corrected chi connectivity index (χ4v) is 6.31. The van der Waals surface area contributed by atoms with Crippen molar-refractivity contribution in [3.8, 4) is 11.5 Å². The van der Waals surface area contributed by atoms with E-state index in [4.69, 9.17) is 4.74 Å². The SMILES string of the molecule is Cc1cc(/C=C/C(=O)N2CCC(C(=O)O)(c3ccccc3)CC2)ccc1OCCCCCNC[C@H](O)c1ccc(O)c2[nH]c(=O)ccc12. The number of likely N-dealkylation sites (tertiary alicyclic amines) is 1. The zero-order valence-corrected chi connectivity index (χ0v) is 27.2. The molecule has 48 heavy (non-hydrogen) atoms. The molecule has 1 aliphatic heterocycles. The standard InChI is InChI=1S/C38H43N3O7/c1-26-24-27(11-17-35(45)41-21-18-38(19-22-41,37(46)47)28-8-4-2-5-9-28)10-15-33(26)48-23-7-3-6-20-39-25-32(43)29-12-14-31(42)36-30(29)13-16-34(44)40-36/h2,4-5,8-17,24,32,39,42-43H,3,6-7,18-23,25H2,1H3,(H,40,44)(H,46,47)/b17-11+/t32-/m0/s1. The maximum Gasteiger partial charge on any atom is 0.314 e. The lowest BCUT2D eigenvalue weighted by Crippen LogP contribution is -2.48. The minimum Gasteiger partial charge on any atom is -0.506 e. The number of aromatic hydroxyl groups is 1. The normalized spacial score (nSPS) is 15.1. The lowest BCUT2D eigenvalue weighted by molar-refractivity contribution is -0.147. The molecule has 0 aliphatic carbocycles. The molecule has 252 valence electrons. The molecule has 0 saturated carbocycles. The van der Waals surface area contributed by atoms with Crippen molar-refractivity contribution < 1.29 is 29.6 Å². The molecule has 0 spiro atoms. The smallest absolute Gasteiger partial charge is 0.314 e. The Morgan fingerprint density at radius 3 is 2.52 bits per heavy atom. The van der Waals surface area contributed by atoms with Gasteiger partial charge in [0.2, 0.25) is 11.5 Å². The fraction of sp³-hybridized carbons (Fsp3) is 0.342. The number of aryl methyl sites for hydroxylation is 1. The highest BCUT2D eigenvalue weighted by Gasteiger charge is 2.43. The molecule has 1 atom stereocenters. The van der Waals surface area contributed by atoms with Crippen molar-refractivity contribution in [1.29, 1.82) is 0 Å². The maximum atomic E-state index is 12.9. The Kier molecular flexibility index (Phi) is 11.3. The summed E-state index contributed by atoms with van der Waals surface area (Å²) in [4.78, 5) is 41.1. The third-order valence-corrected chi connectivity index (χ3v) is 9.14. The molecule has 10 nitrogen and oxygen atoms in total. The Balaban J connectivity index is 1.00. The molecular weight excluding hydrogens is 610 g/mol. The second-order valence-corrected chi connectivity index (χ2v) is 12.4. The predicted octanol–water partition coefficient (Wildman–Crippen LogP) is 5.07. The Morgan fingerprint density at radius 2 is 1.79 bits per heavy atom. The zero-order valence-electron chi connectivity index (χ0n) is 27.2. The highest BCUT2D eigenvalue weighted by Crippen LogP contribution is 2.36. The number of aliphatic hydroxyl groups excluding tert-OH is 1. The largest absolute Gasteiger partial charge is 0.506 e. The van der Waals surface area contributed by atoms with Crippen molar-refractivity contribution in [3.05, 3.63) is 111 Å². The number of fused-ring (bicyclic) bond motifs is 1. The van der Waals surface area contributed by atoms with Crippen LogP contribution in [0.1, 0.15) is 60.5 Å². The summed E-state index contributed by atoms with van der Waals surface area (Å²) >= 11 is 0. The number of nitrogens with one attached hydrogen (secondary N) is 2. The lowest BCUT2D eigenvalue weighted by atomic mass is 9.73. The monoisotopic (exact) mass is 653 g/mol. The summed E-state index contributed by atoms with van der Waals surface area (Å²) in [7, 11) is 0. The number of unbranched alkanes of at least 4 members (excludes halogenated alkanes) is 2. The minimum absolute atomic E-state index is 0.0333. The summed E-state index contributed by atoms with van der Waals surface area (Å²) in [5, 5.41) is 34.6.